The van der Waals surface area contributed by atoms with Gasteiger partial charge in [0, 0.05) is 19.0 Å². The highest BCUT2D eigenvalue weighted by Gasteiger charge is 2.29. The van der Waals surface area contributed by atoms with Crippen LogP contribution in [0.2, 0.25) is 0 Å². The summed E-state index contributed by atoms with van der Waals surface area (Å²) >= 11 is 0. The average molecular weight is 276 g/mol. The number of benzene rings is 1. The van der Waals surface area contributed by atoms with Crippen LogP contribution in [0.3, 0.4) is 0 Å². The maximum Gasteiger partial charge on any atom is 0.123 e. The molecule has 0 radical (unpaired) electrons. The van der Waals surface area contributed by atoms with Crippen molar-refractivity contribution in [3.8, 4) is 6.07 Å². The zero-order valence-corrected chi connectivity index (χ0v) is 11.6. The molecule has 0 heterocycles. The van der Waals surface area contributed by atoms with Crippen LogP contribution in [-0.2, 0) is 0 Å². The normalized spacial score (nSPS) is 16.1. The summed E-state index contributed by atoms with van der Waals surface area (Å²) in [7, 11) is 0. The van der Waals surface area contributed by atoms with Crippen molar-refractivity contribution in [2.24, 2.45) is 0 Å². The van der Waals surface area contributed by atoms with Gasteiger partial charge in [-0.3, -0.25) is 4.90 Å². The maximum atomic E-state index is 12.9. The van der Waals surface area contributed by atoms with E-state index in [0.717, 1.165) is 24.9 Å². The minimum absolute atomic E-state index is 0.281. The summed E-state index contributed by atoms with van der Waals surface area (Å²) in [6, 6.07) is 8.77. The summed E-state index contributed by atoms with van der Waals surface area (Å²) in [5, 5.41) is 18.8. The zero-order chi connectivity index (χ0) is 14.4. The molecular formula is C16H21FN2O. The van der Waals surface area contributed by atoms with Crippen LogP contribution in [0.1, 0.15) is 43.8 Å². The molecule has 1 aromatic carbocycles. The van der Waals surface area contributed by atoms with Crippen molar-refractivity contribution in [1.29, 1.82) is 5.26 Å². The van der Waals surface area contributed by atoms with Gasteiger partial charge < -0.3 is 5.11 Å². The number of hydrogen-bond donors (Lipinski definition) is 1. The van der Waals surface area contributed by atoms with Crippen LogP contribution in [0.4, 0.5) is 4.39 Å². The van der Waals surface area contributed by atoms with Crippen molar-refractivity contribution in [2.75, 3.05) is 13.1 Å². The molecule has 0 saturated heterocycles. The molecule has 0 spiro atoms. The molecule has 0 bridgehead atoms. The van der Waals surface area contributed by atoms with E-state index in [0.29, 0.717) is 19.0 Å². The van der Waals surface area contributed by atoms with Crippen molar-refractivity contribution in [3.05, 3.63) is 35.6 Å². The van der Waals surface area contributed by atoms with Gasteiger partial charge in [0.2, 0.25) is 0 Å². The lowest BCUT2D eigenvalue weighted by Crippen LogP contribution is -2.31. The quantitative estimate of drug-likeness (QED) is 0.742. The molecule has 0 aliphatic heterocycles. The monoisotopic (exact) mass is 276 g/mol. The summed E-state index contributed by atoms with van der Waals surface area (Å²) in [4.78, 5) is 2.30. The number of aliphatic hydroxyl groups excluding tert-OH is 1. The van der Waals surface area contributed by atoms with Crippen molar-refractivity contribution in [3.63, 3.8) is 0 Å². The molecular weight excluding hydrogens is 255 g/mol. The van der Waals surface area contributed by atoms with E-state index in [1.165, 1.54) is 25.0 Å². The number of unbranched alkanes of at least 4 members (excludes halogenated alkanes) is 2. The topological polar surface area (TPSA) is 47.3 Å². The molecule has 1 aromatic rings. The van der Waals surface area contributed by atoms with E-state index in [1.807, 2.05) is 0 Å². The Morgan fingerprint density at radius 2 is 2.00 bits per heavy atom. The summed E-state index contributed by atoms with van der Waals surface area (Å²) < 4.78 is 12.9. The van der Waals surface area contributed by atoms with Gasteiger partial charge in [-0.25, -0.2) is 4.39 Å². The summed E-state index contributed by atoms with van der Waals surface area (Å²) in [5.74, 6) is -0.281. The largest absolute Gasteiger partial charge is 0.387 e. The smallest absolute Gasteiger partial charge is 0.123 e. The molecule has 1 unspecified atom stereocenters. The highest BCUT2D eigenvalue weighted by atomic mass is 19.1. The summed E-state index contributed by atoms with van der Waals surface area (Å²) in [6.07, 6.45) is 4.29. The zero-order valence-electron chi connectivity index (χ0n) is 11.6. The Balaban J connectivity index is 1.84. The van der Waals surface area contributed by atoms with Crippen molar-refractivity contribution in [2.45, 2.75) is 44.2 Å². The molecule has 1 saturated carbocycles. The molecule has 3 nitrogen and oxygen atoms in total. The van der Waals surface area contributed by atoms with Gasteiger partial charge in [0.1, 0.15) is 5.82 Å². The highest BCUT2D eigenvalue weighted by molar-refractivity contribution is 5.18. The fraction of sp³-hybridized carbons (Fsp3) is 0.562. The van der Waals surface area contributed by atoms with E-state index in [9.17, 15) is 9.50 Å². The first-order chi connectivity index (χ1) is 9.70. The lowest BCUT2D eigenvalue weighted by Gasteiger charge is -2.25. The molecule has 108 valence electrons. The van der Waals surface area contributed by atoms with Crippen LogP contribution in [-0.4, -0.2) is 29.1 Å². The number of halogens is 1. The lowest BCUT2D eigenvalue weighted by atomic mass is 10.1. The summed E-state index contributed by atoms with van der Waals surface area (Å²) in [6.45, 7) is 1.51. The Morgan fingerprint density at radius 3 is 2.60 bits per heavy atom. The number of hydrogen-bond acceptors (Lipinski definition) is 3. The molecule has 1 aliphatic carbocycles. The van der Waals surface area contributed by atoms with E-state index >= 15 is 0 Å². The van der Waals surface area contributed by atoms with Gasteiger partial charge in [-0.2, -0.15) is 5.26 Å². The Labute approximate surface area is 119 Å². The van der Waals surface area contributed by atoms with Crippen molar-refractivity contribution in [1.82, 2.24) is 4.90 Å². The number of nitrogens with zero attached hydrogens (tertiary/aromatic N) is 2. The minimum atomic E-state index is -0.577. The van der Waals surface area contributed by atoms with Gasteiger partial charge in [-0.15, -0.1) is 0 Å². The third kappa shape index (κ3) is 4.59. The SMILES string of the molecule is N#CCCCCN(CC(O)c1ccc(F)cc1)C1CC1. The maximum absolute atomic E-state index is 12.9. The second-order valence-electron chi connectivity index (χ2n) is 5.41. The second-order valence-corrected chi connectivity index (χ2v) is 5.41. The Kier molecular flexibility index (Phi) is 5.51. The Hall–Kier alpha value is -1.44. The number of aliphatic hydroxyl groups is 1. The molecule has 1 N–H and O–H groups in total. The van der Waals surface area contributed by atoms with Crippen LogP contribution in [0.25, 0.3) is 0 Å². The third-order valence-electron chi connectivity index (χ3n) is 3.71. The molecule has 4 heteroatoms. The predicted octanol–water partition coefficient (Wildman–Crippen LogP) is 3.02. The molecule has 1 fully saturated rings. The van der Waals surface area contributed by atoms with E-state index in [4.69, 9.17) is 5.26 Å². The van der Waals surface area contributed by atoms with Crippen molar-refractivity contribution < 1.29 is 9.50 Å². The minimum Gasteiger partial charge on any atom is -0.387 e. The van der Waals surface area contributed by atoms with Gasteiger partial charge in [0.05, 0.1) is 12.2 Å². The number of nitriles is 1. The Morgan fingerprint density at radius 1 is 1.30 bits per heavy atom. The van der Waals surface area contributed by atoms with E-state index in [-0.39, 0.29) is 5.82 Å². The van der Waals surface area contributed by atoms with Crippen LogP contribution >= 0.6 is 0 Å². The predicted molar refractivity (Wildman–Crippen MR) is 75.4 cm³/mol. The fourth-order valence-electron chi connectivity index (χ4n) is 2.39. The van der Waals surface area contributed by atoms with Crippen LogP contribution in [0.15, 0.2) is 24.3 Å². The Bertz CT molecular complexity index is 451. The molecule has 0 aromatic heterocycles. The van der Waals surface area contributed by atoms with Gasteiger partial charge in [0.15, 0.2) is 0 Å². The number of rotatable bonds is 8. The van der Waals surface area contributed by atoms with Crippen LogP contribution in [0.5, 0.6) is 0 Å². The van der Waals surface area contributed by atoms with Gasteiger partial charge in [0.25, 0.3) is 0 Å². The van der Waals surface area contributed by atoms with E-state index in [1.54, 1.807) is 12.1 Å². The summed E-state index contributed by atoms with van der Waals surface area (Å²) in [5.41, 5.74) is 0.758. The highest BCUT2D eigenvalue weighted by Crippen LogP contribution is 2.29. The van der Waals surface area contributed by atoms with Crippen LogP contribution in [0, 0.1) is 17.1 Å². The van der Waals surface area contributed by atoms with E-state index in [2.05, 4.69) is 11.0 Å². The van der Waals surface area contributed by atoms with Gasteiger partial charge >= 0.3 is 0 Å². The second kappa shape index (κ2) is 7.37. The average Bonchev–Trinajstić information content (AvgIpc) is 3.27. The first-order valence-electron chi connectivity index (χ1n) is 7.25. The first kappa shape index (κ1) is 15.0. The fourth-order valence-corrected chi connectivity index (χ4v) is 2.39. The van der Waals surface area contributed by atoms with Crippen LogP contribution < -0.4 is 0 Å². The molecule has 2 rings (SSSR count). The lowest BCUT2D eigenvalue weighted by molar-refractivity contribution is 0.107. The molecule has 1 aliphatic rings. The van der Waals surface area contributed by atoms with Gasteiger partial charge in [-0.1, -0.05) is 12.1 Å². The molecule has 0 amide bonds. The van der Waals surface area contributed by atoms with Crippen molar-refractivity contribution >= 4 is 0 Å². The molecule has 20 heavy (non-hydrogen) atoms. The third-order valence-corrected chi connectivity index (χ3v) is 3.71. The molecule has 1 atom stereocenters. The van der Waals surface area contributed by atoms with Gasteiger partial charge in [-0.05, 0) is 49.9 Å². The van der Waals surface area contributed by atoms with E-state index < -0.39 is 6.10 Å². The first-order valence-corrected chi connectivity index (χ1v) is 7.25. The standard InChI is InChI=1S/C16H21FN2O/c17-14-6-4-13(5-7-14)16(20)12-19(15-8-9-15)11-3-1-2-10-18/h4-7,15-16,20H,1-3,8-9,11-12H2.